The molecule has 122 valence electrons. The Kier molecular flexibility index (Phi) is 4.94. The van der Waals surface area contributed by atoms with Crippen LogP contribution in [0.25, 0.3) is 0 Å². The lowest BCUT2D eigenvalue weighted by molar-refractivity contribution is 0.587. The molecule has 3 aromatic rings. The smallest absolute Gasteiger partial charge is 0.285 e. The van der Waals surface area contributed by atoms with Crippen LogP contribution in [0, 0.1) is 0 Å². The van der Waals surface area contributed by atoms with Crippen LogP contribution in [0.5, 0.6) is 0 Å². The van der Waals surface area contributed by atoms with Crippen molar-refractivity contribution in [2.24, 2.45) is 0 Å². The third-order valence-electron chi connectivity index (χ3n) is 2.88. The van der Waals surface area contributed by atoms with E-state index < -0.39 is 7.44 Å². The van der Waals surface area contributed by atoms with Crippen molar-refractivity contribution in [2.75, 3.05) is 10.2 Å². The highest BCUT2D eigenvalue weighted by Crippen LogP contribution is 2.42. The fourth-order valence-electron chi connectivity index (χ4n) is 1.82. The van der Waals surface area contributed by atoms with Crippen LogP contribution in [-0.2, 0) is 4.57 Å². The van der Waals surface area contributed by atoms with Gasteiger partial charge in [-0.1, -0.05) is 41.4 Å². The van der Waals surface area contributed by atoms with Crippen LogP contribution < -0.4 is 15.5 Å². The quantitative estimate of drug-likeness (QED) is 0.652. The molecular weight excluding hydrogens is 370 g/mol. The zero-order chi connectivity index (χ0) is 17.0. The number of nitrogens with one attached hydrogen (secondary N) is 2. The minimum Gasteiger partial charge on any atom is -0.285 e. The van der Waals surface area contributed by atoms with Crippen LogP contribution >= 0.6 is 30.6 Å². The minimum atomic E-state index is -3.38. The standard InChI is InChI=1S/C14H11Cl2N6OP/c15-10-6-17-13(18-7-10)21-24(23,12-4-2-1-3-5-12)22-14-19-8-11(16)9-20-14/h1-9H,(H2,17,18,19,20,21,22,23). The van der Waals surface area contributed by atoms with Crippen LogP contribution in [-0.4, -0.2) is 19.9 Å². The van der Waals surface area contributed by atoms with Crippen LogP contribution in [0.3, 0.4) is 0 Å². The summed E-state index contributed by atoms with van der Waals surface area (Å²) in [7, 11) is -3.38. The van der Waals surface area contributed by atoms with Gasteiger partial charge in [0.25, 0.3) is 7.44 Å². The largest absolute Gasteiger partial charge is 0.292 e. The molecule has 0 radical (unpaired) electrons. The first kappa shape index (κ1) is 16.6. The molecule has 0 unspecified atom stereocenters. The summed E-state index contributed by atoms with van der Waals surface area (Å²) in [6, 6.07) is 8.80. The fraction of sp³-hybridized carbons (Fsp3) is 0. The number of hydrogen-bond acceptors (Lipinski definition) is 5. The number of aromatic nitrogens is 4. The maximum absolute atomic E-state index is 13.5. The molecule has 1 aromatic carbocycles. The van der Waals surface area contributed by atoms with E-state index in [0.717, 1.165) is 0 Å². The molecule has 0 aliphatic rings. The van der Waals surface area contributed by atoms with E-state index >= 15 is 0 Å². The average molecular weight is 381 g/mol. The van der Waals surface area contributed by atoms with Gasteiger partial charge in [0.2, 0.25) is 11.9 Å². The number of halogens is 2. The summed E-state index contributed by atoms with van der Waals surface area (Å²) in [6.45, 7) is 0. The van der Waals surface area contributed by atoms with Gasteiger partial charge in [0.15, 0.2) is 0 Å². The van der Waals surface area contributed by atoms with Crippen molar-refractivity contribution >= 4 is 47.8 Å². The van der Waals surface area contributed by atoms with Crippen molar-refractivity contribution in [1.29, 1.82) is 0 Å². The maximum Gasteiger partial charge on any atom is 0.292 e. The van der Waals surface area contributed by atoms with Crippen LogP contribution in [0.2, 0.25) is 10.0 Å². The van der Waals surface area contributed by atoms with Gasteiger partial charge in [0.05, 0.1) is 40.1 Å². The second kappa shape index (κ2) is 7.13. The minimum absolute atomic E-state index is 0.160. The van der Waals surface area contributed by atoms with Gasteiger partial charge in [-0.3, -0.25) is 14.7 Å². The van der Waals surface area contributed by atoms with E-state index in [1.165, 1.54) is 24.8 Å². The van der Waals surface area contributed by atoms with Crippen LogP contribution in [0.1, 0.15) is 0 Å². The molecule has 0 aliphatic carbocycles. The SMILES string of the molecule is O=P(Nc1ncc(Cl)cn1)(Nc1ncc(Cl)cn1)c1ccccc1. The van der Waals surface area contributed by atoms with E-state index in [1.54, 1.807) is 24.3 Å². The molecule has 24 heavy (non-hydrogen) atoms. The van der Waals surface area contributed by atoms with Gasteiger partial charge in [-0.25, -0.2) is 19.9 Å². The molecule has 7 nitrogen and oxygen atoms in total. The summed E-state index contributed by atoms with van der Waals surface area (Å²) in [5.74, 6) is 0.320. The van der Waals surface area contributed by atoms with Gasteiger partial charge in [-0.15, -0.1) is 0 Å². The van der Waals surface area contributed by atoms with E-state index in [1.807, 2.05) is 6.07 Å². The third-order valence-corrected chi connectivity index (χ3v) is 5.32. The van der Waals surface area contributed by atoms with Gasteiger partial charge >= 0.3 is 0 Å². The molecule has 0 spiro atoms. The highest BCUT2D eigenvalue weighted by atomic mass is 35.5. The van der Waals surface area contributed by atoms with Crippen LogP contribution in [0.4, 0.5) is 11.9 Å². The predicted octanol–water partition coefficient (Wildman–Crippen LogP) is 3.62. The summed E-state index contributed by atoms with van der Waals surface area (Å²) in [6.07, 6.45) is 5.63. The Balaban J connectivity index is 1.95. The number of anilines is 2. The van der Waals surface area contributed by atoms with Gasteiger partial charge in [0.1, 0.15) is 0 Å². The predicted molar refractivity (Wildman–Crippen MR) is 95.0 cm³/mol. The fourth-order valence-corrected chi connectivity index (χ4v) is 3.71. The first-order chi connectivity index (χ1) is 11.5. The molecule has 0 atom stereocenters. The van der Waals surface area contributed by atoms with Gasteiger partial charge in [-0.05, 0) is 12.1 Å². The Morgan fingerprint density at radius 1 is 0.750 bits per heavy atom. The first-order valence-corrected chi connectivity index (χ1v) is 9.19. The molecule has 2 N–H and O–H groups in total. The molecule has 3 rings (SSSR count). The number of nitrogens with zero attached hydrogens (tertiary/aromatic N) is 4. The highest BCUT2D eigenvalue weighted by Gasteiger charge is 2.27. The van der Waals surface area contributed by atoms with Gasteiger partial charge in [0, 0.05) is 0 Å². The second-order valence-electron chi connectivity index (χ2n) is 4.62. The molecule has 0 saturated carbocycles. The van der Waals surface area contributed by atoms with Gasteiger partial charge in [-0.2, -0.15) is 0 Å². The Labute approximate surface area is 148 Å². The van der Waals surface area contributed by atoms with Crippen molar-refractivity contribution < 1.29 is 4.57 Å². The Hall–Kier alpha value is -2.21. The Bertz CT molecular complexity index is 809. The number of benzene rings is 1. The molecule has 0 amide bonds. The second-order valence-corrected chi connectivity index (χ2v) is 7.67. The van der Waals surface area contributed by atoms with E-state index in [9.17, 15) is 4.57 Å². The average Bonchev–Trinajstić information content (AvgIpc) is 2.60. The normalized spacial score (nSPS) is 11.1. The Morgan fingerprint density at radius 2 is 1.17 bits per heavy atom. The lowest BCUT2D eigenvalue weighted by Gasteiger charge is -2.20. The zero-order valence-electron chi connectivity index (χ0n) is 12.1. The van der Waals surface area contributed by atoms with Crippen molar-refractivity contribution in [3.8, 4) is 0 Å². The van der Waals surface area contributed by atoms with E-state index in [0.29, 0.717) is 15.3 Å². The maximum atomic E-state index is 13.5. The first-order valence-electron chi connectivity index (χ1n) is 6.72. The van der Waals surface area contributed by atoms with Crippen LogP contribution in [0.15, 0.2) is 55.1 Å². The van der Waals surface area contributed by atoms with Crippen molar-refractivity contribution in [3.63, 3.8) is 0 Å². The number of rotatable bonds is 5. The summed E-state index contributed by atoms with van der Waals surface area (Å²) in [5.41, 5.74) is 0. The molecule has 0 saturated heterocycles. The molecule has 0 aliphatic heterocycles. The summed E-state index contributed by atoms with van der Waals surface area (Å²) in [4.78, 5) is 16.1. The molecule has 0 bridgehead atoms. The molecule has 2 aromatic heterocycles. The molecule has 10 heteroatoms. The summed E-state index contributed by atoms with van der Waals surface area (Å²) in [5, 5.41) is 6.90. The lowest BCUT2D eigenvalue weighted by atomic mass is 10.4. The van der Waals surface area contributed by atoms with Gasteiger partial charge < -0.3 is 0 Å². The van der Waals surface area contributed by atoms with Crippen molar-refractivity contribution in [2.45, 2.75) is 0 Å². The Morgan fingerprint density at radius 3 is 1.58 bits per heavy atom. The molecule has 2 heterocycles. The summed E-state index contributed by atoms with van der Waals surface area (Å²) >= 11 is 11.5. The van der Waals surface area contributed by atoms with Crippen molar-refractivity contribution in [3.05, 3.63) is 65.2 Å². The monoisotopic (exact) mass is 380 g/mol. The highest BCUT2D eigenvalue weighted by molar-refractivity contribution is 7.74. The third kappa shape index (κ3) is 4.00. The molecular formula is C14H11Cl2N6OP. The van der Waals surface area contributed by atoms with E-state index in [2.05, 4.69) is 30.1 Å². The topological polar surface area (TPSA) is 92.7 Å². The molecule has 0 fully saturated rings. The van der Waals surface area contributed by atoms with E-state index in [-0.39, 0.29) is 11.9 Å². The summed E-state index contributed by atoms with van der Waals surface area (Å²) < 4.78 is 13.5. The van der Waals surface area contributed by atoms with E-state index in [4.69, 9.17) is 23.2 Å². The zero-order valence-corrected chi connectivity index (χ0v) is 14.5. The number of hydrogen-bond donors (Lipinski definition) is 2. The lowest BCUT2D eigenvalue weighted by Crippen LogP contribution is -2.20. The van der Waals surface area contributed by atoms with Crippen molar-refractivity contribution in [1.82, 2.24) is 19.9 Å².